The average Bonchev–Trinajstić information content (AvgIpc) is 2.60. The number of guanidine groups is 1. The molecule has 2 N–H and O–H groups in total. The second-order valence-electron chi connectivity index (χ2n) is 7.16. The van der Waals surface area contributed by atoms with Gasteiger partial charge in [-0.3, -0.25) is 4.99 Å². The number of nitrogens with one attached hydrogen (secondary N) is 2. The van der Waals surface area contributed by atoms with Gasteiger partial charge in [-0.2, -0.15) is 0 Å². The first-order valence-corrected chi connectivity index (χ1v) is 11.5. The molecule has 7 nitrogen and oxygen atoms in total. The molecule has 1 heterocycles. The maximum Gasteiger partial charge on any atom is 0.214 e. The van der Waals surface area contributed by atoms with Gasteiger partial charge in [0, 0.05) is 39.3 Å². The van der Waals surface area contributed by atoms with Gasteiger partial charge in [0.1, 0.15) is 0 Å². The van der Waals surface area contributed by atoms with Gasteiger partial charge in [0.05, 0.1) is 11.9 Å². The van der Waals surface area contributed by atoms with Gasteiger partial charge < -0.3 is 15.4 Å². The SMILES string of the molecule is CCCS(=O)(=O)N1CCC(NC(=NC)NCCC(OCC)C(C)C)CC1.I. The Bertz CT molecular complexity index is 521. The number of piperidine rings is 1. The van der Waals surface area contributed by atoms with Crippen LogP contribution in [-0.4, -0.2) is 69.9 Å². The highest BCUT2D eigenvalue weighted by Crippen LogP contribution is 2.15. The number of halogens is 1. The summed E-state index contributed by atoms with van der Waals surface area (Å²) in [6, 6.07) is 0.252. The first kappa shape index (κ1) is 26.9. The molecule has 0 saturated carbocycles. The van der Waals surface area contributed by atoms with Crippen LogP contribution in [0.15, 0.2) is 4.99 Å². The molecule has 0 aromatic heterocycles. The second kappa shape index (κ2) is 13.9. The lowest BCUT2D eigenvalue weighted by molar-refractivity contribution is 0.0258. The van der Waals surface area contributed by atoms with Crippen LogP contribution >= 0.6 is 24.0 Å². The highest BCUT2D eigenvalue weighted by molar-refractivity contribution is 14.0. The van der Waals surface area contributed by atoms with Gasteiger partial charge in [0.15, 0.2) is 5.96 Å². The molecule has 0 aromatic rings. The molecule has 1 saturated heterocycles. The maximum absolute atomic E-state index is 12.1. The summed E-state index contributed by atoms with van der Waals surface area (Å²) < 4.78 is 31.7. The van der Waals surface area contributed by atoms with E-state index in [9.17, 15) is 8.42 Å². The van der Waals surface area contributed by atoms with Crippen molar-refractivity contribution in [2.45, 2.75) is 65.5 Å². The van der Waals surface area contributed by atoms with E-state index in [0.717, 1.165) is 38.4 Å². The molecule has 0 radical (unpaired) electrons. The van der Waals surface area contributed by atoms with E-state index in [2.05, 4.69) is 29.5 Å². The number of hydrogen-bond acceptors (Lipinski definition) is 4. The van der Waals surface area contributed by atoms with Crippen LogP contribution in [0.3, 0.4) is 0 Å². The van der Waals surface area contributed by atoms with E-state index >= 15 is 0 Å². The highest BCUT2D eigenvalue weighted by atomic mass is 127. The lowest BCUT2D eigenvalue weighted by Gasteiger charge is -2.32. The molecule has 0 aliphatic carbocycles. The Balaban J connectivity index is 0.00000676. The summed E-state index contributed by atoms with van der Waals surface area (Å²) in [5, 5.41) is 6.77. The third-order valence-electron chi connectivity index (χ3n) is 4.72. The lowest BCUT2D eigenvalue weighted by atomic mass is 10.0. The van der Waals surface area contributed by atoms with Gasteiger partial charge in [-0.1, -0.05) is 20.8 Å². The molecular weight excluding hydrogens is 479 g/mol. The van der Waals surface area contributed by atoms with Crippen molar-refractivity contribution in [2.75, 3.05) is 39.0 Å². The smallest absolute Gasteiger partial charge is 0.214 e. The van der Waals surface area contributed by atoms with Gasteiger partial charge in [0.25, 0.3) is 0 Å². The van der Waals surface area contributed by atoms with E-state index in [-0.39, 0.29) is 41.9 Å². The van der Waals surface area contributed by atoms with Gasteiger partial charge in [-0.25, -0.2) is 12.7 Å². The number of ether oxygens (including phenoxy) is 1. The number of rotatable bonds is 10. The average molecular weight is 519 g/mol. The minimum absolute atomic E-state index is 0. The van der Waals surface area contributed by atoms with E-state index in [0.29, 0.717) is 25.4 Å². The molecule has 9 heteroatoms. The minimum Gasteiger partial charge on any atom is -0.378 e. The van der Waals surface area contributed by atoms with Gasteiger partial charge in [0.2, 0.25) is 10.0 Å². The van der Waals surface area contributed by atoms with Gasteiger partial charge in [-0.15, -0.1) is 24.0 Å². The molecule has 1 aliphatic heterocycles. The number of nitrogens with zero attached hydrogens (tertiary/aromatic N) is 2. The van der Waals surface area contributed by atoms with E-state index in [4.69, 9.17) is 4.74 Å². The molecule has 27 heavy (non-hydrogen) atoms. The van der Waals surface area contributed by atoms with Crippen molar-refractivity contribution in [3.63, 3.8) is 0 Å². The topological polar surface area (TPSA) is 83.0 Å². The predicted octanol–water partition coefficient (Wildman–Crippen LogP) is 2.42. The summed E-state index contributed by atoms with van der Waals surface area (Å²) in [5.74, 6) is 1.51. The zero-order valence-corrected chi connectivity index (χ0v) is 20.7. The Labute approximate surface area is 183 Å². The molecule has 1 fully saturated rings. The van der Waals surface area contributed by atoms with E-state index in [1.54, 1.807) is 11.4 Å². The molecule has 1 unspecified atom stereocenters. The van der Waals surface area contributed by atoms with Crippen molar-refractivity contribution in [1.29, 1.82) is 0 Å². The summed E-state index contributed by atoms with van der Waals surface area (Å²) >= 11 is 0. The van der Waals surface area contributed by atoms with Crippen LogP contribution in [-0.2, 0) is 14.8 Å². The van der Waals surface area contributed by atoms with Crippen molar-refractivity contribution in [1.82, 2.24) is 14.9 Å². The van der Waals surface area contributed by atoms with Crippen molar-refractivity contribution in [3.8, 4) is 0 Å². The Morgan fingerprint density at radius 3 is 2.37 bits per heavy atom. The quantitative estimate of drug-likeness (QED) is 0.264. The number of hydrogen-bond donors (Lipinski definition) is 2. The van der Waals surface area contributed by atoms with Gasteiger partial charge >= 0.3 is 0 Å². The van der Waals surface area contributed by atoms with Gasteiger partial charge in [-0.05, 0) is 38.5 Å². The number of sulfonamides is 1. The predicted molar refractivity (Wildman–Crippen MR) is 123 cm³/mol. The fraction of sp³-hybridized carbons (Fsp3) is 0.944. The molecule has 1 rings (SSSR count). The van der Waals surface area contributed by atoms with Crippen molar-refractivity contribution in [3.05, 3.63) is 0 Å². The Morgan fingerprint density at radius 2 is 1.89 bits per heavy atom. The summed E-state index contributed by atoms with van der Waals surface area (Å²) in [7, 11) is -1.32. The fourth-order valence-corrected chi connectivity index (χ4v) is 4.75. The summed E-state index contributed by atoms with van der Waals surface area (Å²) in [6.07, 6.45) is 3.45. The monoisotopic (exact) mass is 518 g/mol. The number of aliphatic imine (C=N–C) groups is 1. The van der Waals surface area contributed by atoms with Crippen LogP contribution in [0.2, 0.25) is 0 Å². The van der Waals surface area contributed by atoms with Crippen LogP contribution in [0.4, 0.5) is 0 Å². The van der Waals surface area contributed by atoms with Crippen molar-refractivity contribution in [2.24, 2.45) is 10.9 Å². The first-order valence-electron chi connectivity index (χ1n) is 9.90. The van der Waals surface area contributed by atoms with Crippen LogP contribution in [0.25, 0.3) is 0 Å². The zero-order valence-electron chi connectivity index (χ0n) is 17.5. The maximum atomic E-state index is 12.1. The largest absolute Gasteiger partial charge is 0.378 e. The fourth-order valence-electron chi connectivity index (χ4n) is 3.21. The Morgan fingerprint density at radius 1 is 1.26 bits per heavy atom. The lowest BCUT2D eigenvalue weighted by Crippen LogP contribution is -2.50. The van der Waals surface area contributed by atoms with E-state index in [1.807, 2.05) is 13.8 Å². The third kappa shape index (κ3) is 9.76. The normalized spacial score (nSPS) is 18.2. The third-order valence-corrected chi connectivity index (χ3v) is 6.80. The van der Waals surface area contributed by atoms with Crippen LogP contribution in [0.1, 0.15) is 53.4 Å². The molecular formula is C18H39IN4O3S. The zero-order chi connectivity index (χ0) is 19.6. The second-order valence-corrected chi connectivity index (χ2v) is 9.25. The molecule has 1 atom stereocenters. The van der Waals surface area contributed by atoms with E-state index < -0.39 is 10.0 Å². The van der Waals surface area contributed by atoms with Crippen LogP contribution in [0, 0.1) is 5.92 Å². The Hall–Kier alpha value is -0.130. The molecule has 1 aliphatic rings. The molecule has 162 valence electrons. The van der Waals surface area contributed by atoms with Crippen LogP contribution < -0.4 is 10.6 Å². The molecule has 0 aromatic carbocycles. The minimum atomic E-state index is -3.08. The summed E-state index contributed by atoms with van der Waals surface area (Å²) in [4.78, 5) is 4.29. The summed E-state index contributed by atoms with van der Waals surface area (Å²) in [5.41, 5.74) is 0. The molecule has 0 amide bonds. The summed E-state index contributed by atoms with van der Waals surface area (Å²) in [6.45, 7) is 11.0. The molecule has 0 spiro atoms. The highest BCUT2D eigenvalue weighted by Gasteiger charge is 2.27. The van der Waals surface area contributed by atoms with Crippen molar-refractivity contribution < 1.29 is 13.2 Å². The first-order chi connectivity index (χ1) is 12.3. The van der Waals surface area contributed by atoms with Crippen molar-refractivity contribution >= 4 is 40.0 Å². The van der Waals surface area contributed by atoms with Crippen LogP contribution in [0.5, 0.6) is 0 Å². The Kier molecular flexibility index (Phi) is 13.9. The molecule has 0 bridgehead atoms. The van der Waals surface area contributed by atoms with E-state index in [1.165, 1.54) is 0 Å². The standard InChI is InChI=1S/C18H38N4O3S.HI/c1-6-14-26(23,24)22-12-9-16(10-13-22)21-18(19-5)20-11-8-17(15(3)4)25-7-2;/h15-17H,6-14H2,1-5H3,(H2,19,20,21);1H.